The average molecular weight is 295 g/mol. The lowest BCUT2D eigenvalue weighted by atomic mass is 10.1. The van der Waals surface area contributed by atoms with E-state index in [1.54, 1.807) is 0 Å². The van der Waals surface area contributed by atoms with E-state index in [-0.39, 0.29) is 12.1 Å². The van der Waals surface area contributed by atoms with E-state index in [9.17, 15) is 19.3 Å². The van der Waals surface area contributed by atoms with Gasteiger partial charge in [0.05, 0.1) is 11.5 Å². The molecule has 1 N–H and O–H groups in total. The first-order chi connectivity index (χ1) is 9.47. The summed E-state index contributed by atoms with van der Waals surface area (Å²) in [5.41, 5.74) is 0.0958. The highest BCUT2D eigenvalue weighted by Crippen LogP contribution is 2.19. The number of nitrogens with zero attached hydrogens (tertiary/aromatic N) is 2. The second kappa shape index (κ2) is 5.74. The molecule has 8 heteroatoms. The Labute approximate surface area is 117 Å². The van der Waals surface area contributed by atoms with E-state index in [4.69, 9.17) is 0 Å². The van der Waals surface area contributed by atoms with Crippen LogP contribution in [0.5, 0.6) is 0 Å². The maximum Gasteiger partial charge on any atom is 0.282 e. The molecule has 1 aromatic heterocycles. The van der Waals surface area contributed by atoms with Crippen molar-refractivity contribution < 1.29 is 14.1 Å². The average Bonchev–Trinajstić information content (AvgIpc) is 2.81. The number of halogens is 1. The van der Waals surface area contributed by atoms with Gasteiger partial charge in [-0.1, -0.05) is 0 Å². The number of aromatic nitrogens is 1. The third-order valence-electron chi connectivity index (χ3n) is 2.47. The molecule has 2 aromatic rings. The fourth-order valence-corrected chi connectivity index (χ4v) is 2.30. The number of nitro benzene ring substituents is 1. The molecule has 0 saturated carbocycles. The first kappa shape index (κ1) is 14.1. The Hall–Kier alpha value is -2.35. The molecule has 104 valence electrons. The highest BCUT2D eigenvalue weighted by Gasteiger charge is 2.20. The zero-order chi connectivity index (χ0) is 14.7. The minimum Gasteiger partial charge on any atom is -0.345 e. The summed E-state index contributed by atoms with van der Waals surface area (Å²) >= 11 is 1.37. The zero-order valence-corrected chi connectivity index (χ0v) is 11.2. The molecule has 0 atom stereocenters. The molecule has 1 amide bonds. The maximum atomic E-state index is 13.1. The summed E-state index contributed by atoms with van der Waals surface area (Å²) in [6.45, 7) is 1.96. The molecule has 0 bridgehead atoms. The Morgan fingerprint density at radius 3 is 2.90 bits per heavy atom. The predicted octanol–water partition coefficient (Wildman–Crippen LogP) is 2.43. The van der Waals surface area contributed by atoms with Gasteiger partial charge in [-0.2, -0.15) is 0 Å². The molecule has 0 aliphatic carbocycles. The summed E-state index contributed by atoms with van der Waals surface area (Å²) in [7, 11) is 0. The molecule has 1 aromatic carbocycles. The summed E-state index contributed by atoms with van der Waals surface area (Å²) in [6.07, 6.45) is 0. The molecule has 0 aliphatic rings. The van der Waals surface area contributed by atoms with Gasteiger partial charge in [0.15, 0.2) is 0 Å². The van der Waals surface area contributed by atoms with Gasteiger partial charge in [-0.05, 0) is 19.1 Å². The Balaban J connectivity index is 2.16. The van der Waals surface area contributed by atoms with Gasteiger partial charge in [-0.15, -0.1) is 11.3 Å². The van der Waals surface area contributed by atoms with E-state index in [0.29, 0.717) is 5.01 Å². The number of amides is 1. The lowest BCUT2D eigenvalue weighted by molar-refractivity contribution is -0.385. The van der Waals surface area contributed by atoms with E-state index >= 15 is 0 Å². The highest BCUT2D eigenvalue weighted by molar-refractivity contribution is 7.09. The van der Waals surface area contributed by atoms with Crippen LogP contribution in [0.4, 0.5) is 10.1 Å². The molecule has 20 heavy (non-hydrogen) atoms. The Kier molecular flexibility index (Phi) is 4.04. The number of nitro groups is 1. The van der Waals surface area contributed by atoms with Crippen molar-refractivity contribution >= 4 is 22.9 Å². The SMILES string of the molecule is Cc1csc(CNC(=O)c2cc(F)ccc2[N+](=O)[O-])n1. The number of carbonyl (C=O) groups excluding carboxylic acids is 1. The standard InChI is InChI=1S/C12H10FN3O3S/c1-7-6-20-11(15-7)5-14-12(17)9-4-8(13)2-3-10(9)16(18)19/h2-4,6H,5H2,1H3,(H,14,17). The zero-order valence-electron chi connectivity index (χ0n) is 10.4. The number of thiazole rings is 1. The van der Waals surface area contributed by atoms with Gasteiger partial charge in [0.2, 0.25) is 0 Å². The van der Waals surface area contributed by atoms with Crippen molar-refractivity contribution in [1.82, 2.24) is 10.3 Å². The second-order valence-electron chi connectivity index (χ2n) is 3.98. The minimum absolute atomic E-state index is 0.144. The van der Waals surface area contributed by atoms with Crippen LogP contribution in [-0.2, 0) is 6.54 Å². The van der Waals surface area contributed by atoms with Gasteiger partial charge in [0.1, 0.15) is 16.4 Å². The third kappa shape index (κ3) is 3.15. The van der Waals surface area contributed by atoms with E-state index in [1.165, 1.54) is 11.3 Å². The van der Waals surface area contributed by atoms with Crippen LogP contribution in [0.3, 0.4) is 0 Å². The fourth-order valence-electron chi connectivity index (χ4n) is 1.58. The molecular weight excluding hydrogens is 285 g/mol. The normalized spacial score (nSPS) is 10.3. The van der Waals surface area contributed by atoms with Crippen molar-refractivity contribution in [2.75, 3.05) is 0 Å². The van der Waals surface area contributed by atoms with Crippen LogP contribution >= 0.6 is 11.3 Å². The first-order valence-electron chi connectivity index (χ1n) is 5.60. The monoisotopic (exact) mass is 295 g/mol. The molecule has 0 saturated heterocycles. The van der Waals surface area contributed by atoms with Crippen LogP contribution in [0.25, 0.3) is 0 Å². The fraction of sp³-hybridized carbons (Fsp3) is 0.167. The Bertz CT molecular complexity index is 672. The molecule has 0 spiro atoms. The van der Waals surface area contributed by atoms with Gasteiger partial charge in [0, 0.05) is 17.1 Å². The van der Waals surface area contributed by atoms with Crippen molar-refractivity contribution in [3.8, 4) is 0 Å². The number of aryl methyl sites for hydroxylation is 1. The van der Waals surface area contributed by atoms with Crippen molar-refractivity contribution in [1.29, 1.82) is 0 Å². The Morgan fingerprint density at radius 2 is 2.30 bits per heavy atom. The van der Waals surface area contributed by atoms with Crippen molar-refractivity contribution in [2.45, 2.75) is 13.5 Å². The Morgan fingerprint density at radius 1 is 1.55 bits per heavy atom. The predicted molar refractivity (Wildman–Crippen MR) is 71.1 cm³/mol. The molecule has 0 unspecified atom stereocenters. The van der Waals surface area contributed by atoms with Crippen LogP contribution in [-0.4, -0.2) is 15.8 Å². The number of nitrogens with one attached hydrogen (secondary N) is 1. The van der Waals surface area contributed by atoms with E-state index in [2.05, 4.69) is 10.3 Å². The van der Waals surface area contributed by atoms with Crippen LogP contribution < -0.4 is 5.32 Å². The molecule has 1 heterocycles. The quantitative estimate of drug-likeness (QED) is 0.693. The topological polar surface area (TPSA) is 85.1 Å². The van der Waals surface area contributed by atoms with Gasteiger partial charge < -0.3 is 5.32 Å². The lowest BCUT2D eigenvalue weighted by Crippen LogP contribution is -2.23. The molecular formula is C12H10FN3O3S. The highest BCUT2D eigenvalue weighted by atomic mass is 32.1. The number of hydrogen-bond acceptors (Lipinski definition) is 5. The van der Waals surface area contributed by atoms with Crippen molar-refractivity contribution in [3.05, 3.63) is 55.8 Å². The summed E-state index contributed by atoms with van der Waals surface area (Å²) in [5.74, 6) is -1.41. The molecule has 6 nitrogen and oxygen atoms in total. The smallest absolute Gasteiger partial charge is 0.282 e. The van der Waals surface area contributed by atoms with E-state index in [0.717, 1.165) is 23.9 Å². The number of hydrogen-bond donors (Lipinski definition) is 1. The van der Waals surface area contributed by atoms with E-state index in [1.807, 2.05) is 12.3 Å². The minimum atomic E-state index is -0.720. The summed E-state index contributed by atoms with van der Waals surface area (Å²) in [6, 6.07) is 2.76. The van der Waals surface area contributed by atoms with Crippen molar-refractivity contribution in [2.24, 2.45) is 0 Å². The molecule has 0 fully saturated rings. The number of benzene rings is 1. The van der Waals surface area contributed by atoms with Crippen LogP contribution in [0.15, 0.2) is 23.6 Å². The largest absolute Gasteiger partial charge is 0.345 e. The van der Waals surface area contributed by atoms with Crippen LogP contribution in [0.2, 0.25) is 0 Å². The second-order valence-corrected chi connectivity index (χ2v) is 4.93. The summed E-state index contributed by atoms with van der Waals surface area (Å²) in [4.78, 5) is 26.1. The molecule has 0 radical (unpaired) electrons. The molecule has 0 aliphatic heterocycles. The van der Waals surface area contributed by atoms with E-state index < -0.39 is 22.3 Å². The third-order valence-corrected chi connectivity index (χ3v) is 3.43. The van der Waals surface area contributed by atoms with Gasteiger partial charge in [0.25, 0.3) is 11.6 Å². The molecule has 2 rings (SSSR count). The number of rotatable bonds is 4. The first-order valence-corrected chi connectivity index (χ1v) is 6.48. The summed E-state index contributed by atoms with van der Waals surface area (Å²) in [5, 5.41) is 15.8. The maximum absolute atomic E-state index is 13.1. The summed E-state index contributed by atoms with van der Waals surface area (Å²) < 4.78 is 13.1. The van der Waals surface area contributed by atoms with Crippen LogP contribution in [0, 0.1) is 22.9 Å². The lowest BCUT2D eigenvalue weighted by Gasteiger charge is -2.04. The number of carbonyl (C=O) groups is 1. The van der Waals surface area contributed by atoms with Gasteiger partial charge in [-0.25, -0.2) is 9.37 Å². The van der Waals surface area contributed by atoms with Crippen molar-refractivity contribution in [3.63, 3.8) is 0 Å². The van der Waals surface area contributed by atoms with Gasteiger partial charge >= 0.3 is 0 Å². The van der Waals surface area contributed by atoms with Gasteiger partial charge in [-0.3, -0.25) is 14.9 Å². The van der Waals surface area contributed by atoms with Crippen LogP contribution in [0.1, 0.15) is 21.1 Å².